The first-order chi connectivity index (χ1) is 8.04. The number of anilines is 1. The predicted octanol–water partition coefficient (Wildman–Crippen LogP) is 1.94. The first-order valence-corrected chi connectivity index (χ1v) is 5.93. The highest BCUT2D eigenvalue weighted by molar-refractivity contribution is 9.10. The van der Waals surface area contributed by atoms with E-state index in [1.165, 1.54) is 10.7 Å². The molecule has 0 aliphatic rings. The lowest BCUT2D eigenvalue weighted by atomic mass is 10.2. The second kappa shape index (κ2) is 4.71. The molecule has 0 fully saturated rings. The van der Waals surface area contributed by atoms with E-state index >= 15 is 0 Å². The molecule has 0 radical (unpaired) electrons. The van der Waals surface area contributed by atoms with Crippen molar-refractivity contribution in [3.63, 3.8) is 0 Å². The molecule has 0 amide bonds. The van der Waals surface area contributed by atoms with Crippen LogP contribution in [-0.4, -0.2) is 9.78 Å². The van der Waals surface area contributed by atoms with Gasteiger partial charge in [-0.2, -0.15) is 5.10 Å². The first-order valence-electron chi connectivity index (χ1n) is 5.14. The molecule has 2 N–H and O–H groups in total. The van der Waals surface area contributed by atoms with Crippen LogP contribution in [0.4, 0.5) is 5.69 Å². The number of nitrogens with zero attached hydrogens (tertiary/aromatic N) is 2. The summed E-state index contributed by atoms with van der Waals surface area (Å²) in [5, 5.41) is 4.18. The van der Waals surface area contributed by atoms with Gasteiger partial charge in [-0.05, 0) is 36.8 Å². The zero-order valence-corrected chi connectivity index (χ0v) is 10.9. The summed E-state index contributed by atoms with van der Waals surface area (Å²) >= 11 is 3.37. The Hall–Kier alpha value is -1.62. The molecule has 1 aromatic carbocycles. The zero-order chi connectivity index (χ0) is 12.4. The van der Waals surface area contributed by atoms with E-state index in [-0.39, 0.29) is 5.56 Å². The molecule has 1 heterocycles. The summed E-state index contributed by atoms with van der Waals surface area (Å²) in [7, 11) is 0. The van der Waals surface area contributed by atoms with Crippen molar-refractivity contribution in [1.82, 2.24) is 9.78 Å². The number of hydrogen-bond donors (Lipinski definition) is 1. The van der Waals surface area contributed by atoms with Gasteiger partial charge in [-0.25, -0.2) is 4.68 Å². The third-order valence-corrected chi connectivity index (χ3v) is 2.77. The number of halogens is 1. The van der Waals surface area contributed by atoms with E-state index < -0.39 is 0 Å². The van der Waals surface area contributed by atoms with Crippen LogP contribution in [0.2, 0.25) is 0 Å². The van der Waals surface area contributed by atoms with Crippen LogP contribution < -0.4 is 11.3 Å². The lowest BCUT2D eigenvalue weighted by Crippen LogP contribution is -2.23. The van der Waals surface area contributed by atoms with Gasteiger partial charge in [0.2, 0.25) is 0 Å². The molecule has 17 heavy (non-hydrogen) atoms. The highest BCUT2D eigenvalue weighted by atomic mass is 79.9. The van der Waals surface area contributed by atoms with Crippen LogP contribution in [0.5, 0.6) is 0 Å². The number of nitrogens with two attached hydrogens (primary N) is 1. The number of nitrogen functional groups attached to an aromatic ring is 1. The van der Waals surface area contributed by atoms with Crippen molar-refractivity contribution in [3.05, 3.63) is 56.4 Å². The van der Waals surface area contributed by atoms with Crippen molar-refractivity contribution in [3.8, 4) is 0 Å². The summed E-state index contributed by atoms with van der Waals surface area (Å²) in [6.45, 7) is 2.27. The molecule has 0 saturated heterocycles. The smallest absolute Gasteiger partial charge is 0.267 e. The van der Waals surface area contributed by atoms with Gasteiger partial charge in [0.25, 0.3) is 5.56 Å². The van der Waals surface area contributed by atoms with E-state index in [1.54, 1.807) is 6.07 Å². The molecule has 0 saturated carbocycles. The van der Waals surface area contributed by atoms with E-state index in [0.29, 0.717) is 12.2 Å². The Balaban J connectivity index is 2.37. The summed E-state index contributed by atoms with van der Waals surface area (Å²) in [5.41, 5.74) is 8.04. The van der Waals surface area contributed by atoms with E-state index in [4.69, 9.17) is 5.73 Å². The van der Waals surface area contributed by atoms with Gasteiger partial charge in [-0.15, -0.1) is 0 Å². The average Bonchev–Trinajstić information content (AvgIpc) is 2.22. The Labute approximate surface area is 107 Å². The summed E-state index contributed by atoms with van der Waals surface area (Å²) in [6, 6.07) is 8.79. The van der Waals surface area contributed by atoms with Crippen LogP contribution in [0.15, 0.2) is 39.6 Å². The third-order valence-electron chi connectivity index (χ3n) is 2.31. The van der Waals surface area contributed by atoms with Gasteiger partial charge < -0.3 is 5.73 Å². The number of aromatic nitrogens is 2. The maximum absolute atomic E-state index is 11.6. The molecule has 0 spiro atoms. The fourth-order valence-electron chi connectivity index (χ4n) is 1.60. The number of rotatable bonds is 2. The Morgan fingerprint density at radius 2 is 2.12 bits per heavy atom. The van der Waals surface area contributed by atoms with Gasteiger partial charge in [0, 0.05) is 16.2 Å². The van der Waals surface area contributed by atoms with Crippen molar-refractivity contribution in [1.29, 1.82) is 0 Å². The molecule has 2 aromatic rings. The molecule has 2 rings (SSSR count). The van der Waals surface area contributed by atoms with E-state index in [1.807, 2.05) is 25.1 Å². The Bertz CT molecular complexity index is 587. The lowest BCUT2D eigenvalue weighted by molar-refractivity contribution is 0.628. The fraction of sp³-hybridized carbons (Fsp3) is 0.167. The fourth-order valence-corrected chi connectivity index (χ4v) is 2.16. The molecule has 1 aromatic heterocycles. The van der Waals surface area contributed by atoms with Crippen molar-refractivity contribution in [2.75, 3.05) is 5.73 Å². The highest BCUT2D eigenvalue weighted by Crippen LogP contribution is 2.17. The van der Waals surface area contributed by atoms with Crippen molar-refractivity contribution < 1.29 is 0 Å². The van der Waals surface area contributed by atoms with Crippen LogP contribution in [0, 0.1) is 6.92 Å². The monoisotopic (exact) mass is 293 g/mol. The van der Waals surface area contributed by atoms with E-state index in [0.717, 1.165) is 15.7 Å². The molecular weight excluding hydrogens is 282 g/mol. The first kappa shape index (κ1) is 11.9. The predicted molar refractivity (Wildman–Crippen MR) is 70.9 cm³/mol. The van der Waals surface area contributed by atoms with Gasteiger partial charge in [-0.1, -0.05) is 15.9 Å². The summed E-state index contributed by atoms with van der Waals surface area (Å²) in [4.78, 5) is 11.6. The highest BCUT2D eigenvalue weighted by Gasteiger charge is 2.02. The van der Waals surface area contributed by atoms with Gasteiger partial charge in [0.1, 0.15) is 0 Å². The topological polar surface area (TPSA) is 60.9 Å². The van der Waals surface area contributed by atoms with Crippen LogP contribution in [0.1, 0.15) is 11.3 Å². The standard InChI is InChI=1S/C12H12BrN3O/c1-8-2-3-12(17)16(15-8)7-9-4-10(13)6-11(14)5-9/h2-6H,7,14H2,1H3. The van der Waals surface area contributed by atoms with Gasteiger partial charge in [-0.3, -0.25) is 4.79 Å². The summed E-state index contributed by atoms with van der Waals surface area (Å²) in [6.07, 6.45) is 0. The average molecular weight is 294 g/mol. The van der Waals surface area contributed by atoms with Gasteiger partial charge in [0.05, 0.1) is 12.2 Å². The second-order valence-electron chi connectivity index (χ2n) is 3.86. The molecular formula is C12H12BrN3O. The molecule has 0 unspecified atom stereocenters. The molecule has 88 valence electrons. The minimum Gasteiger partial charge on any atom is -0.399 e. The lowest BCUT2D eigenvalue weighted by Gasteiger charge is -2.06. The number of benzene rings is 1. The summed E-state index contributed by atoms with van der Waals surface area (Å²) < 4.78 is 2.32. The van der Waals surface area contributed by atoms with Crippen LogP contribution in [0.25, 0.3) is 0 Å². The number of hydrogen-bond acceptors (Lipinski definition) is 3. The zero-order valence-electron chi connectivity index (χ0n) is 9.35. The van der Waals surface area contributed by atoms with Gasteiger partial charge in [0.15, 0.2) is 0 Å². The molecule has 5 heteroatoms. The minimum atomic E-state index is -0.117. The number of aryl methyl sites for hydroxylation is 1. The third kappa shape index (κ3) is 2.94. The molecule has 0 bridgehead atoms. The van der Waals surface area contributed by atoms with Crippen molar-refractivity contribution >= 4 is 21.6 Å². The van der Waals surface area contributed by atoms with Crippen molar-refractivity contribution in [2.24, 2.45) is 0 Å². The Morgan fingerprint density at radius 1 is 1.35 bits per heavy atom. The Morgan fingerprint density at radius 3 is 2.82 bits per heavy atom. The van der Waals surface area contributed by atoms with Crippen LogP contribution >= 0.6 is 15.9 Å². The molecule has 4 nitrogen and oxygen atoms in total. The molecule has 0 atom stereocenters. The SMILES string of the molecule is Cc1ccc(=O)n(Cc2cc(N)cc(Br)c2)n1. The Kier molecular flexibility index (Phi) is 3.28. The van der Waals surface area contributed by atoms with Crippen LogP contribution in [-0.2, 0) is 6.54 Å². The normalized spacial score (nSPS) is 10.5. The maximum atomic E-state index is 11.6. The second-order valence-corrected chi connectivity index (χ2v) is 4.78. The maximum Gasteiger partial charge on any atom is 0.267 e. The minimum absolute atomic E-state index is 0.117. The largest absolute Gasteiger partial charge is 0.399 e. The van der Waals surface area contributed by atoms with Crippen molar-refractivity contribution in [2.45, 2.75) is 13.5 Å². The van der Waals surface area contributed by atoms with Crippen LogP contribution in [0.3, 0.4) is 0 Å². The molecule has 0 aliphatic heterocycles. The molecule has 0 aliphatic carbocycles. The summed E-state index contributed by atoms with van der Waals surface area (Å²) in [5.74, 6) is 0. The quantitative estimate of drug-likeness (QED) is 0.861. The van der Waals surface area contributed by atoms with Gasteiger partial charge >= 0.3 is 0 Å². The van der Waals surface area contributed by atoms with E-state index in [2.05, 4.69) is 21.0 Å². The van der Waals surface area contributed by atoms with E-state index in [9.17, 15) is 4.79 Å².